The first-order chi connectivity index (χ1) is 11.2. The zero-order chi connectivity index (χ0) is 16.1. The van der Waals surface area contributed by atoms with E-state index in [1.165, 1.54) is 17.3 Å². The molecule has 0 aliphatic carbocycles. The fourth-order valence-electron chi connectivity index (χ4n) is 3.00. The number of fused-ring (bicyclic) bond motifs is 1. The number of nitrogens with one attached hydrogen (secondary N) is 1. The topological polar surface area (TPSA) is 32.3 Å². The highest BCUT2D eigenvalue weighted by Gasteiger charge is 2.16. The second-order valence-corrected chi connectivity index (χ2v) is 5.84. The largest absolute Gasteiger partial charge is 0.371 e. The summed E-state index contributed by atoms with van der Waals surface area (Å²) in [6, 6.07) is 14.9. The lowest BCUT2D eigenvalue weighted by molar-refractivity contribution is -0.121. The first-order valence-corrected chi connectivity index (χ1v) is 8.07. The van der Waals surface area contributed by atoms with Gasteiger partial charge in [0.1, 0.15) is 5.82 Å². The molecule has 4 heteroatoms. The summed E-state index contributed by atoms with van der Waals surface area (Å²) < 4.78 is 13.5. The van der Waals surface area contributed by atoms with Crippen LogP contribution in [0.5, 0.6) is 0 Å². The van der Waals surface area contributed by atoms with E-state index in [0.717, 1.165) is 19.4 Å². The molecular weight excluding hydrogens is 291 g/mol. The monoisotopic (exact) mass is 312 g/mol. The van der Waals surface area contributed by atoms with Crippen LogP contribution < -0.4 is 10.2 Å². The van der Waals surface area contributed by atoms with Crippen molar-refractivity contribution in [2.24, 2.45) is 0 Å². The van der Waals surface area contributed by atoms with Crippen molar-refractivity contribution in [2.45, 2.75) is 25.8 Å². The third-order valence-corrected chi connectivity index (χ3v) is 4.25. The van der Waals surface area contributed by atoms with Gasteiger partial charge in [0.15, 0.2) is 0 Å². The Bertz CT molecular complexity index is 687. The molecule has 0 saturated carbocycles. The number of benzene rings is 2. The lowest BCUT2D eigenvalue weighted by atomic mass is 10.0. The van der Waals surface area contributed by atoms with E-state index in [1.807, 2.05) is 6.07 Å². The second-order valence-electron chi connectivity index (χ2n) is 5.84. The van der Waals surface area contributed by atoms with Crippen molar-refractivity contribution in [1.82, 2.24) is 5.32 Å². The Morgan fingerprint density at radius 1 is 1.13 bits per heavy atom. The first-order valence-electron chi connectivity index (χ1n) is 8.07. The molecule has 2 aromatic rings. The van der Waals surface area contributed by atoms with Gasteiger partial charge in [0, 0.05) is 37.3 Å². The third kappa shape index (κ3) is 3.89. The molecule has 0 radical (unpaired) electrons. The van der Waals surface area contributed by atoms with Crippen LogP contribution in [0.4, 0.5) is 10.1 Å². The van der Waals surface area contributed by atoms with Crippen molar-refractivity contribution >= 4 is 11.6 Å². The Balaban J connectivity index is 1.51. The number of halogens is 1. The predicted octanol–water partition coefficient (Wildman–Crippen LogP) is 3.28. The maximum absolute atomic E-state index is 13.5. The van der Waals surface area contributed by atoms with Crippen LogP contribution in [0.25, 0.3) is 0 Å². The van der Waals surface area contributed by atoms with Gasteiger partial charge in [-0.05, 0) is 30.5 Å². The number of para-hydroxylation sites is 1. The summed E-state index contributed by atoms with van der Waals surface area (Å²) in [6.45, 7) is 1.92. The maximum atomic E-state index is 13.5. The van der Waals surface area contributed by atoms with Crippen molar-refractivity contribution in [3.8, 4) is 0 Å². The average Bonchev–Trinajstić information content (AvgIpc) is 2.59. The maximum Gasteiger partial charge on any atom is 0.222 e. The summed E-state index contributed by atoms with van der Waals surface area (Å²) in [5.41, 5.74) is 3.11. The average molecular weight is 312 g/mol. The highest BCUT2D eigenvalue weighted by atomic mass is 19.1. The van der Waals surface area contributed by atoms with E-state index in [0.29, 0.717) is 18.5 Å². The minimum absolute atomic E-state index is 0.0451. The zero-order valence-corrected chi connectivity index (χ0v) is 13.1. The van der Waals surface area contributed by atoms with Gasteiger partial charge in [0.25, 0.3) is 0 Å². The van der Waals surface area contributed by atoms with Crippen LogP contribution in [0, 0.1) is 5.82 Å². The molecule has 0 aromatic heterocycles. The fraction of sp³-hybridized carbons (Fsp3) is 0.316. The molecule has 0 bridgehead atoms. The van der Waals surface area contributed by atoms with Crippen LogP contribution in [-0.2, 0) is 17.8 Å². The number of carbonyl (C=O) groups excluding carboxylic acids is 1. The SMILES string of the molecule is O=C(CCN1CCCc2ccccc21)NCc1ccccc1F. The molecular formula is C19H21FN2O. The van der Waals surface area contributed by atoms with Gasteiger partial charge in [-0.25, -0.2) is 4.39 Å². The number of amides is 1. The Morgan fingerprint density at radius 3 is 2.78 bits per heavy atom. The number of carbonyl (C=O) groups is 1. The Kier molecular flexibility index (Phi) is 4.91. The van der Waals surface area contributed by atoms with Crippen LogP contribution in [0.3, 0.4) is 0 Å². The van der Waals surface area contributed by atoms with Gasteiger partial charge in [-0.2, -0.15) is 0 Å². The summed E-state index contributed by atoms with van der Waals surface area (Å²) in [6.07, 6.45) is 2.64. The van der Waals surface area contributed by atoms with Gasteiger partial charge in [0.2, 0.25) is 5.91 Å². The van der Waals surface area contributed by atoms with Crippen LogP contribution in [0.2, 0.25) is 0 Å². The molecule has 0 fully saturated rings. The highest BCUT2D eigenvalue weighted by Crippen LogP contribution is 2.26. The molecule has 120 valence electrons. The van der Waals surface area contributed by atoms with E-state index < -0.39 is 0 Å². The van der Waals surface area contributed by atoms with Gasteiger partial charge >= 0.3 is 0 Å². The molecule has 1 heterocycles. The molecule has 1 amide bonds. The molecule has 3 rings (SSSR count). The standard InChI is InChI=1S/C19H21FN2O/c20-17-9-3-1-7-16(17)14-21-19(23)11-13-22-12-5-8-15-6-2-4-10-18(15)22/h1-4,6-7,9-10H,5,8,11-14H2,(H,21,23). The Morgan fingerprint density at radius 2 is 1.91 bits per heavy atom. The molecule has 3 nitrogen and oxygen atoms in total. The molecule has 1 aliphatic heterocycles. The van der Waals surface area contributed by atoms with Gasteiger partial charge in [0.05, 0.1) is 0 Å². The van der Waals surface area contributed by atoms with Crippen molar-refractivity contribution in [3.05, 3.63) is 65.5 Å². The summed E-state index contributed by atoms with van der Waals surface area (Å²) in [7, 11) is 0. The van der Waals surface area contributed by atoms with Crippen molar-refractivity contribution in [1.29, 1.82) is 0 Å². The zero-order valence-electron chi connectivity index (χ0n) is 13.1. The molecule has 1 N–H and O–H groups in total. The van der Waals surface area contributed by atoms with Crippen LogP contribution >= 0.6 is 0 Å². The molecule has 0 saturated heterocycles. The Labute approximate surface area is 136 Å². The van der Waals surface area contributed by atoms with Crippen LogP contribution in [0.1, 0.15) is 24.0 Å². The predicted molar refractivity (Wildman–Crippen MR) is 89.8 cm³/mol. The van der Waals surface area contributed by atoms with Crippen LogP contribution in [-0.4, -0.2) is 19.0 Å². The molecule has 23 heavy (non-hydrogen) atoms. The number of nitrogens with zero attached hydrogens (tertiary/aromatic N) is 1. The second kappa shape index (κ2) is 7.27. The molecule has 2 aromatic carbocycles. The summed E-state index contributed by atoms with van der Waals surface area (Å²) in [4.78, 5) is 14.3. The minimum Gasteiger partial charge on any atom is -0.371 e. The fourth-order valence-corrected chi connectivity index (χ4v) is 3.00. The van der Waals surface area contributed by atoms with E-state index >= 15 is 0 Å². The number of rotatable bonds is 5. The summed E-state index contributed by atoms with van der Waals surface area (Å²) in [5.74, 6) is -0.325. The Hall–Kier alpha value is -2.36. The summed E-state index contributed by atoms with van der Waals surface area (Å²) >= 11 is 0. The van der Waals surface area contributed by atoms with E-state index in [1.54, 1.807) is 18.2 Å². The van der Waals surface area contributed by atoms with Gasteiger partial charge in [-0.3, -0.25) is 4.79 Å². The number of hydrogen-bond acceptors (Lipinski definition) is 2. The molecule has 0 atom stereocenters. The van der Waals surface area contributed by atoms with E-state index in [4.69, 9.17) is 0 Å². The van der Waals surface area contributed by atoms with E-state index in [-0.39, 0.29) is 18.3 Å². The van der Waals surface area contributed by atoms with Crippen molar-refractivity contribution < 1.29 is 9.18 Å². The molecule has 0 unspecified atom stereocenters. The molecule has 1 aliphatic rings. The quantitative estimate of drug-likeness (QED) is 0.919. The number of aryl methyl sites for hydroxylation is 1. The number of hydrogen-bond donors (Lipinski definition) is 1. The van der Waals surface area contributed by atoms with Gasteiger partial charge in [-0.15, -0.1) is 0 Å². The van der Waals surface area contributed by atoms with Crippen molar-refractivity contribution in [2.75, 3.05) is 18.0 Å². The van der Waals surface area contributed by atoms with Crippen LogP contribution in [0.15, 0.2) is 48.5 Å². The molecule has 0 spiro atoms. The van der Waals surface area contributed by atoms with Gasteiger partial charge in [-0.1, -0.05) is 36.4 Å². The first kappa shape index (κ1) is 15.5. The smallest absolute Gasteiger partial charge is 0.222 e. The van der Waals surface area contributed by atoms with E-state index in [9.17, 15) is 9.18 Å². The number of anilines is 1. The lowest BCUT2D eigenvalue weighted by Gasteiger charge is -2.31. The lowest BCUT2D eigenvalue weighted by Crippen LogP contribution is -2.34. The van der Waals surface area contributed by atoms with Crippen molar-refractivity contribution in [3.63, 3.8) is 0 Å². The minimum atomic E-state index is -0.280. The third-order valence-electron chi connectivity index (χ3n) is 4.25. The summed E-state index contributed by atoms with van der Waals surface area (Å²) in [5, 5.41) is 2.80. The van der Waals surface area contributed by atoms with E-state index in [2.05, 4.69) is 28.4 Å². The highest BCUT2D eigenvalue weighted by molar-refractivity contribution is 5.76. The van der Waals surface area contributed by atoms with Gasteiger partial charge < -0.3 is 10.2 Å². The normalized spacial score (nSPS) is 13.5.